The van der Waals surface area contributed by atoms with Crippen molar-refractivity contribution < 1.29 is 4.39 Å². The number of alkyl halides is 1. The second-order valence-electron chi connectivity index (χ2n) is 5.37. The van der Waals surface area contributed by atoms with E-state index in [0.29, 0.717) is 11.3 Å². The average molecular weight is 184 g/mol. The van der Waals surface area contributed by atoms with Crippen LogP contribution in [-0.4, -0.2) is 6.17 Å². The van der Waals surface area contributed by atoms with Gasteiger partial charge in [-0.15, -0.1) is 0 Å². The van der Waals surface area contributed by atoms with Crippen molar-refractivity contribution in [3.63, 3.8) is 0 Å². The van der Waals surface area contributed by atoms with E-state index in [1.165, 1.54) is 25.7 Å². The highest BCUT2D eigenvalue weighted by atomic mass is 19.1. The van der Waals surface area contributed by atoms with Gasteiger partial charge in [0, 0.05) is 0 Å². The Labute approximate surface area is 80.9 Å². The summed E-state index contributed by atoms with van der Waals surface area (Å²) in [6.45, 7) is 4.49. The second-order valence-corrected chi connectivity index (χ2v) is 5.37. The van der Waals surface area contributed by atoms with Crippen molar-refractivity contribution in [2.45, 2.75) is 58.5 Å². The fraction of sp³-hybridized carbons (Fsp3) is 1.00. The molecule has 2 fully saturated rings. The number of rotatable bonds is 1. The van der Waals surface area contributed by atoms with Gasteiger partial charge < -0.3 is 0 Å². The van der Waals surface area contributed by atoms with Gasteiger partial charge in [0.25, 0.3) is 0 Å². The van der Waals surface area contributed by atoms with Gasteiger partial charge in [-0.1, -0.05) is 20.3 Å². The number of halogens is 1. The highest BCUT2D eigenvalue weighted by molar-refractivity contribution is 4.95. The molecular weight excluding hydrogens is 163 g/mol. The maximum absolute atomic E-state index is 13.6. The molecule has 0 aromatic heterocycles. The third kappa shape index (κ3) is 1.62. The highest BCUT2D eigenvalue weighted by Crippen LogP contribution is 2.53. The van der Waals surface area contributed by atoms with E-state index in [-0.39, 0.29) is 0 Å². The predicted octanol–water partition coefficient (Wildman–Crippen LogP) is 3.95. The van der Waals surface area contributed by atoms with Gasteiger partial charge >= 0.3 is 0 Å². The monoisotopic (exact) mass is 184 g/mol. The molecule has 4 atom stereocenters. The first-order valence-electron chi connectivity index (χ1n) is 5.79. The molecule has 0 saturated heterocycles. The molecular formula is C12H21F. The minimum atomic E-state index is -0.514. The number of hydrogen-bond donors (Lipinski definition) is 0. The lowest BCUT2D eigenvalue weighted by Gasteiger charge is -2.27. The smallest absolute Gasteiger partial charge is 0.101 e. The van der Waals surface area contributed by atoms with Gasteiger partial charge in [0.2, 0.25) is 0 Å². The Morgan fingerprint density at radius 2 is 2.15 bits per heavy atom. The van der Waals surface area contributed by atoms with E-state index in [1.54, 1.807) is 0 Å². The summed E-state index contributed by atoms with van der Waals surface area (Å²) in [6.07, 6.45) is 6.32. The Balaban J connectivity index is 2.16. The summed E-state index contributed by atoms with van der Waals surface area (Å²) in [4.78, 5) is 0. The molecule has 0 spiro atoms. The van der Waals surface area contributed by atoms with Crippen molar-refractivity contribution in [2.24, 2.45) is 17.3 Å². The molecule has 0 aromatic carbocycles. The van der Waals surface area contributed by atoms with Crippen molar-refractivity contribution >= 4 is 0 Å². The van der Waals surface area contributed by atoms with Crippen LogP contribution >= 0.6 is 0 Å². The molecule has 0 amide bonds. The van der Waals surface area contributed by atoms with Gasteiger partial charge in [-0.05, 0) is 49.4 Å². The quantitative estimate of drug-likeness (QED) is 0.579. The normalized spacial score (nSPS) is 50.5. The summed E-state index contributed by atoms with van der Waals surface area (Å²) < 4.78 is 13.6. The van der Waals surface area contributed by atoms with Crippen LogP contribution in [0.25, 0.3) is 0 Å². The van der Waals surface area contributed by atoms with Gasteiger partial charge in [0.15, 0.2) is 0 Å². The van der Waals surface area contributed by atoms with E-state index in [1.807, 2.05) is 0 Å². The Hall–Kier alpha value is -0.0700. The van der Waals surface area contributed by atoms with E-state index in [4.69, 9.17) is 0 Å². The number of hydrogen-bond acceptors (Lipinski definition) is 0. The molecule has 0 aromatic rings. The standard InChI is InChI=1S/C12H21F/c1-3-12-5-4-10(7-12)9(2)6-11(13)8-12/h9-11H,3-8H2,1-2H3/t9?,10?,11-,12+/m0/s1. The van der Waals surface area contributed by atoms with Crippen LogP contribution in [0, 0.1) is 17.3 Å². The Kier molecular flexibility index (Phi) is 2.37. The molecule has 0 nitrogen and oxygen atoms in total. The summed E-state index contributed by atoms with van der Waals surface area (Å²) in [5.74, 6) is 1.46. The highest BCUT2D eigenvalue weighted by Gasteiger charge is 2.44. The molecule has 76 valence electrons. The SMILES string of the molecule is CC[C@@]12CCC(C1)C(C)C[C@H](F)C2. The molecule has 2 aliphatic carbocycles. The van der Waals surface area contributed by atoms with Gasteiger partial charge in [0.05, 0.1) is 0 Å². The van der Waals surface area contributed by atoms with Crippen LogP contribution in [0.1, 0.15) is 52.4 Å². The van der Waals surface area contributed by atoms with Crippen LogP contribution in [0.4, 0.5) is 4.39 Å². The van der Waals surface area contributed by atoms with Crippen molar-refractivity contribution in [1.29, 1.82) is 0 Å². The fourth-order valence-electron chi connectivity index (χ4n) is 3.54. The Bertz CT molecular complexity index is 186. The van der Waals surface area contributed by atoms with Crippen LogP contribution < -0.4 is 0 Å². The summed E-state index contributed by atoms with van der Waals surface area (Å²) >= 11 is 0. The summed E-state index contributed by atoms with van der Waals surface area (Å²) in [5, 5.41) is 0. The first-order chi connectivity index (χ1) is 6.15. The first kappa shape index (κ1) is 9.48. The van der Waals surface area contributed by atoms with Crippen molar-refractivity contribution in [3.8, 4) is 0 Å². The molecule has 0 radical (unpaired) electrons. The minimum absolute atomic E-state index is 0.398. The van der Waals surface area contributed by atoms with Crippen LogP contribution in [0.15, 0.2) is 0 Å². The average Bonchev–Trinajstić information content (AvgIpc) is 2.43. The largest absolute Gasteiger partial charge is 0.247 e. The molecule has 0 N–H and O–H groups in total. The van der Waals surface area contributed by atoms with E-state index in [9.17, 15) is 4.39 Å². The molecule has 2 rings (SSSR count). The van der Waals surface area contributed by atoms with Crippen molar-refractivity contribution in [3.05, 3.63) is 0 Å². The third-order valence-corrected chi connectivity index (χ3v) is 4.58. The molecule has 13 heavy (non-hydrogen) atoms. The summed E-state index contributed by atoms with van der Waals surface area (Å²) in [7, 11) is 0. The first-order valence-corrected chi connectivity index (χ1v) is 5.79. The molecule has 0 aliphatic heterocycles. The molecule has 2 aliphatic rings. The van der Waals surface area contributed by atoms with Crippen LogP contribution in [0.5, 0.6) is 0 Å². The van der Waals surface area contributed by atoms with Gasteiger partial charge in [-0.3, -0.25) is 0 Å². The van der Waals surface area contributed by atoms with Gasteiger partial charge in [0.1, 0.15) is 6.17 Å². The molecule has 2 saturated carbocycles. The topological polar surface area (TPSA) is 0 Å². The fourth-order valence-corrected chi connectivity index (χ4v) is 3.54. The zero-order chi connectivity index (χ0) is 9.47. The van der Waals surface area contributed by atoms with Crippen LogP contribution in [0.3, 0.4) is 0 Å². The Morgan fingerprint density at radius 1 is 1.38 bits per heavy atom. The zero-order valence-corrected chi connectivity index (χ0v) is 8.85. The molecule has 2 bridgehead atoms. The van der Waals surface area contributed by atoms with Crippen LogP contribution in [-0.2, 0) is 0 Å². The zero-order valence-electron chi connectivity index (χ0n) is 8.85. The molecule has 1 heteroatoms. The predicted molar refractivity (Wildman–Crippen MR) is 53.4 cm³/mol. The second kappa shape index (κ2) is 3.25. The third-order valence-electron chi connectivity index (χ3n) is 4.58. The summed E-state index contributed by atoms with van der Waals surface area (Å²) in [5.41, 5.74) is 0.398. The van der Waals surface area contributed by atoms with Crippen molar-refractivity contribution in [1.82, 2.24) is 0 Å². The lowest BCUT2D eigenvalue weighted by atomic mass is 9.79. The molecule has 2 unspecified atom stereocenters. The van der Waals surface area contributed by atoms with Gasteiger partial charge in [-0.25, -0.2) is 4.39 Å². The lowest BCUT2D eigenvalue weighted by Crippen LogP contribution is -2.19. The van der Waals surface area contributed by atoms with E-state index in [2.05, 4.69) is 13.8 Å². The maximum atomic E-state index is 13.6. The minimum Gasteiger partial charge on any atom is -0.247 e. The molecule has 0 heterocycles. The summed E-state index contributed by atoms with van der Waals surface area (Å²) in [6, 6.07) is 0. The van der Waals surface area contributed by atoms with E-state index in [0.717, 1.165) is 18.8 Å². The maximum Gasteiger partial charge on any atom is 0.101 e. The van der Waals surface area contributed by atoms with Crippen molar-refractivity contribution in [2.75, 3.05) is 0 Å². The van der Waals surface area contributed by atoms with Crippen LogP contribution in [0.2, 0.25) is 0 Å². The lowest BCUT2D eigenvalue weighted by molar-refractivity contribution is 0.168. The van der Waals surface area contributed by atoms with E-state index < -0.39 is 6.17 Å². The Morgan fingerprint density at radius 3 is 2.85 bits per heavy atom. The van der Waals surface area contributed by atoms with E-state index >= 15 is 0 Å². The van der Waals surface area contributed by atoms with Gasteiger partial charge in [-0.2, -0.15) is 0 Å². The number of fused-ring (bicyclic) bond motifs is 2.